The summed E-state index contributed by atoms with van der Waals surface area (Å²) in [7, 11) is 0. The fourth-order valence-corrected chi connectivity index (χ4v) is 3.33. The van der Waals surface area contributed by atoms with E-state index in [1.54, 1.807) is 6.20 Å². The molecule has 1 amide bonds. The quantitative estimate of drug-likeness (QED) is 0.808. The molecule has 4 rings (SSSR count). The zero-order chi connectivity index (χ0) is 15.6. The Labute approximate surface area is 135 Å². The van der Waals surface area contributed by atoms with Crippen LogP contribution in [0.3, 0.4) is 0 Å². The molecule has 1 N–H and O–H groups in total. The molecule has 0 bridgehead atoms. The van der Waals surface area contributed by atoms with Crippen LogP contribution in [0.15, 0.2) is 48.8 Å². The average molecular weight is 305 g/mol. The summed E-state index contributed by atoms with van der Waals surface area (Å²) in [6, 6.07) is 12.3. The Kier molecular flexibility index (Phi) is 3.58. The van der Waals surface area contributed by atoms with E-state index in [0.29, 0.717) is 13.0 Å². The van der Waals surface area contributed by atoms with Gasteiger partial charge in [0.2, 0.25) is 5.91 Å². The minimum absolute atomic E-state index is 0.227. The van der Waals surface area contributed by atoms with Crippen molar-refractivity contribution in [3.05, 3.63) is 65.6 Å². The summed E-state index contributed by atoms with van der Waals surface area (Å²) < 4.78 is 0. The Morgan fingerprint density at radius 2 is 2.13 bits per heavy atom. The highest BCUT2D eigenvalue weighted by atomic mass is 16.2. The number of aryl methyl sites for hydroxylation is 1. The lowest BCUT2D eigenvalue weighted by Gasteiger charge is -2.27. The maximum absolute atomic E-state index is 12.5. The molecule has 0 radical (unpaired) electrons. The molecule has 1 aromatic carbocycles. The van der Waals surface area contributed by atoms with Crippen LogP contribution < -0.4 is 0 Å². The Balaban J connectivity index is 1.48. The van der Waals surface area contributed by atoms with Crippen molar-refractivity contribution >= 4 is 16.8 Å². The second-order valence-electron chi connectivity index (χ2n) is 6.05. The van der Waals surface area contributed by atoms with Gasteiger partial charge in [0.1, 0.15) is 0 Å². The number of carbonyl (C=O) groups is 1. The number of amides is 1. The number of aromatic amines is 1. The normalized spacial score (nSPS) is 14.0. The molecule has 4 heteroatoms. The molecule has 0 spiro atoms. The third-order valence-electron chi connectivity index (χ3n) is 4.59. The molecule has 3 heterocycles. The summed E-state index contributed by atoms with van der Waals surface area (Å²) in [5.41, 5.74) is 4.84. The third kappa shape index (κ3) is 2.72. The molecule has 0 unspecified atom stereocenters. The largest absolute Gasteiger partial charge is 0.358 e. The number of nitrogens with one attached hydrogen (secondary N) is 1. The van der Waals surface area contributed by atoms with Crippen LogP contribution in [0.25, 0.3) is 10.9 Å². The van der Waals surface area contributed by atoms with Gasteiger partial charge in [0.05, 0.1) is 0 Å². The maximum Gasteiger partial charge on any atom is 0.223 e. The predicted octanol–water partition coefficient (Wildman–Crippen LogP) is 3.08. The van der Waals surface area contributed by atoms with Crippen molar-refractivity contribution in [1.29, 1.82) is 0 Å². The van der Waals surface area contributed by atoms with Crippen LogP contribution in [0.2, 0.25) is 0 Å². The van der Waals surface area contributed by atoms with E-state index in [0.717, 1.165) is 24.9 Å². The highest BCUT2D eigenvalue weighted by Gasteiger charge is 2.23. The van der Waals surface area contributed by atoms with E-state index in [1.807, 2.05) is 29.3 Å². The number of hydrogen-bond donors (Lipinski definition) is 1. The Morgan fingerprint density at radius 3 is 3.00 bits per heavy atom. The van der Waals surface area contributed by atoms with Crippen LogP contribution in [-0.4, -0.2) is 27.3 Å². The monoisotopic (exact) mass is 305 g/mol. The SMILES string of the molecule is O=C(CCc1cccnc1)N1CCc2[nH]c3ccccc3c2C1. The van der Waals surface area contributed by atoms with E-state index in [-0.39, 0.29) is 5.91 Å². The van der Waals surface area contributed by atoms with Crippen LogP contribution in [0, 0.1) is 0 Å². The molecular formula is C19H19N3O. The van der Waals surface area contributed by atoms with Gasteiger partial charge in [-0.15, -0.1) is 0 Å². The zero-order valence-corrected chi connectivity index (χ0v) is 13.0. The van der Waals surface area contributed by atoms with Gasteiger partial charge in [0.15, 0.2) is 0 Å². The van der Waals surface area contributed by atoms with Gasteiger partial charge in [-0.05, 0) is 24.1 Å². The maximum atomic E-state index is 12.5. The molecule has 3 aromatic rings. The van der Waals surface area contributed by atoms with Crippen molar-refractivity contribution in [2.24, 2.45) is 0 Å². The molecule has 0 atom stereocenters. The van der Waals surface area contributed by atoms with Gasteiger partial charge in [-0.3, -0.25) is 9.78 Å². The van der Waals surface area contributed by atoms with E-state index in [9.17, 15) is 4.79 Å². The molecule has 2 aromatic heterocycles. The first-order valence-corrected chi connectivity index (χ1v) is 8.06. The molecule has 4 nitrogen and oxygen atoms in total. The Hall–Kier alpha value is -2.62. The smallest absolute Gasteiger partial charge is 0.223 e. The molecule has 116 valence electrons. The first-order chi connectivity index (χ1) is 11.3. The number of hydrogen-bond acceptors (Lipinski definition) is 2. The zero-order valence-electron chi connectivity index (χ0n) is 13.0. The first kappa shape index (κ1) is 14.0. The summed E-state index contributed by atoms with van der Waals surface area (Å²) in [4.78, 5) is 22.1. The number of nitrogens with zero attached hydrogens (tertiary/aromatic N) is 2. The van der Waals surface area contributed by atoms with E-state index in [2.05, 4.69) is 28.2 Å². The standard InChI is InChI=1S/C19H19N3O/c23-19(8-7-14-4-3-10-20-12-14)22-11-9-18-16(13-22)15-5-1-2-6-17(15)21-18/h1-6,10,12,21H,7-9,11,13H2. The highest BCUT2D eigenvalue weighted by molar-refractivity contribution is 5.86. The Morgan fingerprint density at radius 1 is 1.22 bits per heavy atom. The topological polar surface area (TPSA) is 49.0 Å². The van der Waals surface area contributed by atoms with E-state index in [1.165, 1.54) is 22.2 Å². The van der Waals surface area contributed by atoms with Gasteiger partial charge in [0.25, 0.3) is 0 Å². The van der Waals surface area contributed by atoms with Crippen molar-refractivity contribution < 1.29 is 4.79 Å². The summed E-state index contributed by atoms with van der Waals surface area (Å²) in [6.45, 7) is 1.51. The number of fused-ring (bicyclic) bond motifs is 3. The minimum atomic E-state index is 0.227. The highest BCUT2D eigenvalue weighted by Crippen LogP contribution is 2.27. The number of pyridine rings is 1. The fraction of sp³-hybridized carbons (Fsp3) is 0.263. The second-order valence-corrected chi connectivity index (χ2v) is 6.05. The number of H-pyrrole nitrogens is 1. The van der Waals surface area contributed by atoms with Crippen LogP contribution in [0.4, 0.5) is 0 Å². The number of carbonyl (C=O) groups excluding carboxylic acids is 1. The van der Waals surface area contributed by atoms with Crippen LogP contribution >= 0.6 is 0 Å². The van der Waals surface area contributed by atoms with Gasteiger partial charge in [-0.2, -0.15) is 0 Å². The predicted molar refractivity (Wildman–Crippen MR) is 90.0 cm³/mol. The summed E-state index contributed by atoms with van der Waals surface area (Å²) in [6.07, 6.45) is 5.80. The number of benzene rings is 1. The lowest BCUT2D eigenvalue weighted by molar-refractivity contribution is -0.132. The van der Waals surface area contributed by atoms with Crippen LogP contribution in [-0.2, 0) is 24.2 Å². The van der Waals surface area contributed by atoms with Gasteiger partial charge < -0.3 is 9.88 Å². The van der Waals surface area contributed by atoms with Crippen molar-refractivity contribution in [2.75, 3.05) is 6.54 Å². The minimum Gasteiger partial charge on any atom is -0.358 e. The van der Waals surface area contributed by atoms with E-state index >= 15 is 0 Å². The molecule has 1 aliphatic heterocycles. The molecule has 23 heavy (non-hydrogen) atoms. The van der Waals surface area contributed by atoms with Gasteiger partial charge in [0, 0.05) is 60.5 Å². The average Bonchev–Trinajstić information content (AvgIpc) is 2.98. The lowest BCUT2D eigenvalue weighted by atomic mass is 10.0. The molecule has 0 saturated carbocycles. The third-order valence-corrected chi connectivity index (χ3v) is 4.59. The van der Waals surface area contributed by atoms with Gasteiger partial charge in [-0.1, -0.05) is 24.3 Å². The first-order valence-electron chi connectivity index (χ1n) is 8.06. The van der Waals surface area contributed by atoms with Crippen molar-refractivity contribution in [3.8, 4) is 0 Å². The van der Waals surface area contributed by atoms with E-state index < -0.39 is 0 Å². The van der Waals surface area contributed by atoms with Crippen LogP contribution in [0.1, 0.15) is 23.2 Å². The summed E-state index contributed by atoms with van der Waals surface area (Å²) >= 11 is 0. The van der Waals surface area contributed by atoms with E-state index in [4.69, 9.17) is 0 Å². The fourth-order valence-electron chi connectivity index (χ4n) is 3.33. The number of rotatable bonds is 3. The van der Waals surface area contributed by atoms with Gasteiger partial charge in [-0.25, -0.2) is 0 Å². The molecule has 1 aliphatic rings. The number of aromatic nitrogens is 2. The van der Waals surface area contributed by atoms with Crippen molar-refractivity contribution in [3.63, 3.8) is 0 Å². The molecule has 0 saturated heterocycles. The summed E-state index contributed by atoms with van der Waals surface area (Å²) in [5.74, 6) is 0.227. The number of para-hydroxylation sites is 1. The molecule has 0 aliphatic carbocycles. The van der Waals surface area contributed by atoms with Crippen LogP contribution in [0.5, 0.6) is 0 Å². The second kappa shape index (κ2) is 5.88. The Bertz CT molecular complexity index is 838. The summed E-state index contributed by atoms with van der Waals surface area (Å²) in [5, 5.41) is 1.24. The molecular weight excluding hydrogens is 286 g/mol. The van der Waals surface area contributed by atoms with Crippen molar-refractivity contribution in [2.45, 2.75) is 25.8 Å². The van der Waals surface area contributed by atoms with Crippen molar-refractivity contribution in [1.82, 2.24) is 14.9 Å². The van der Waals surface area contributed by atoms with Gasteiger partial charge >= 0.3 is 0 Å². The molecule has 0 fully saturated rings. The lowest BCUT2D eigenvalue weighted by Crippen LogP contribution is -2.35.